The summed E-state index contributed by atoms with van der Waals surface area (Å²) in [5.41, 5.74) is 1.15. The zero-order chi connectivity index (χ0) is 12.1. The molecule has 0 aromatic carbocycles. The van der Waals surface area contributed by atoms with E-state index < -0.39 is 0 Å². The minimum absolute atomic E-state index is 0.428. The highest BCUT2D eigenvalue weighted by Crippen LogP contribution is 2.21. The first-order chi connectivity index (χ1) is 8.25. The first-order valence-corrected chi connectivity index (χ1v) is 6.77. The molecule has 2 aromatic heterocycles. The molecule has 2 aromatic rings. The molecule has 0 fully saturated rings. The largest absolute Gasteiger partial charge is 0.309 e. The summed E-state index contributed by atoms with van der Waals surface area (Å²) in [6.45, 7) is 5.33. The number of pyridine rings is 1. The maximum absolute atomic E-state index is 4.32. The molecule has 17 heavy (non-hydrogen) atoms. The summed E-state index contributed by atoms with van der Waals surface area (Å²) in [5.74, 6) is 0. The van der Waals surface area contributed by atoms with Crippen LogP contribution in [0.2, 0.25) is 0 Å². The van der Waals surface area contributed by atoms with E-state index in [9.17, 15) is 0 Å². The van der Waals surface area contributed by atoms with E-state index in [4.69, 9.17) is 0 Å². The molecule has 0 saturated heterocycles. The maximum Gasteiger partial charge on any atom is 0.0416 e. The summed E-state index contributed by atoms with van der Waals surface area (Å²) in [7, 11) is 0. The Morgan fingerprint density at radius 3 is 2.82 bits per heavy atom. The Kier molecular flexibility index (Phi) is 4.29. The molecule has 2 rings (SSSR count). The molecule has 2 nitrogen and oxygen atoms in total. The van der Waals surface area contributed by atoms with Gasteiger partial charge in [-0.1, -0.05) is 6.07 Å². The Bertz CT molecular complexity index is 450. The third kappa shape index (κ3) is 3.65. The number of hydrogen-bond acceptors (Lipinski definition) is 3. The van der Waals surface area contributed by atoms with Gasteiger partial charge >= 0.3 is 0 Å². The summed E-state index contributed by atoms with van der Waals surface area (Å²) >= 11 is 1.86. The van der Waals surface area contributed by atoms with E-state index in [1.807, 2.05) is 29.7 Å². The standard InChI is InChI=1S/C14H18N2S/c1-11-6-7-14(17-11)12(2)15-10-8-13-5-3-4-9-16-13/h3-7,9,12,15H,8,10H2,1-2H3. The molecule has 0 aliphatic heterocycles. The monoisotopic (exact) mass is 246 g/mol. The van der Waals surface area contributed by atoms with Crippen LogP contribution in [-0.2, 0) is 6.42 Å². The number of hydrogen-bond donors (Lipinski definition) is 1. The molecule has 0 radical (unpaired) electrons. The molecular formula is C14H18N2S. The van der Waals surface area contributed by atoms with Crippen molar-refractivity contribution in [3.63, 3.8) is 0 Å². The number of nitrogens with one attached hydrogen (secondary N) is 1. The van der Waals surface area contributed by atoms with E-state index in [1.54, 1.807) is 0 Å². The molecule has 1 N–H and O–H groups in total. The van der Waals surface area contributed by atoms with Gasteiger partial charge in [0.15, 0.2) is 0 Å². The minimum Gasteiger partial charge on any atom is -0.309 e. The molecule has 90 valence electrons. The summed E-state index contributed by atoms with van der Waals surface area (Å²) in [5, 5.41) is 3.53. The van der Waals surface area contributed by atoms with Crippen LogP contribution in [0.5, 0.6) is 0 Å². The molecule has 0 aliphatic rings. The fraction of sp³-hybridized carbons (Fsp3) is 0.357. The van der Waals surface area contributed by atoms with E-state index >= 15 is 0 Å². The third-order valence-corrected chi connectivity index (χ3v) is 3.93. The van der Waals surface area contributed by atoms with Crippen LogP contribution >= 0.6 is 11.3 Å². The van der Waals surface area contributed by atoms with Gasteiger partial charge in [0.25, 0.3) is 0 Å². The average molecular weight is 246 g/mol. The maximum atomic E-state index is 4.32. The van der Waals surface area contributed by atoms with Gasteiger partial charge in [0.2, 0.25) is 0 Å². The number of aryl methyl sites for hydroxylation is 1. The first kappa shape index (κ1) is 12.3. The quantitative estimate of drug-likeness (QED) is 0.875. The van der Waals surface area contributed by atoms with Gasteiger partial charge in [-0.2, -0.15) is 0 Å². The van der Waals surface area contributed by atoms with E-state index in [-0.39, 0.29) is 0 Å². The predicted molar refractivity (Wildman–Crippen MR) is 73.4 cm³/mol. The van der Waals surface area contributed by atoms with Gasteiger partial charge in [-0.05, 0) is 38.1 Å². The van der Waals surface area contributed by atoms with Crippen LogP contribution in [0, 0.1) is 6.92 Å². The topological polar surface area (TPSA) is 24.9 Å². The summed E-state index contributed by atoms with van der Waals surface area (Å²) in [6, 6.07) is 10.9. The number of nitrogens with zero attached hydrogens (tertiary/aromatic N) is 1. The van der Waals surface area contributed by atoms with Crippen LogP contribution < -0.4 is 5.32 Å². The Labute approximate surface area is 107 Å². The van der Waals surface area contributed by atoms with Crippen molar-refractivity contribution in [1.82, 2.24) is 10.3 Å². The Morgan fingerprint density at radius 1 is 1.29 bits per heavy atom. The van der Waals surface area contributed by atoms with Crippen LogP contribution in [0.3, 0.4) is 0 Å². The highest BCUT2D eigenvalue weighted by molar-refractivity contribution is 7.12. The SMILES string of the molecule is Cc1ccc(C(C)NCCc2ccccn2)s1. The van der Waals surface area contributed by atoms with Crippen LogP contribution in [0.4, 0.5) is 0 Å². The van der Waals surface area contributed by atoms with Gasteiger partial charge in [-0.3, -0.25) is 4.98 Å². The third-order valence-electron chi connectivity index (χ3n) is 2.75. The Morgan fingerprint density at radius 2 is 2.18 bits per heavy atom. The minimum atomic E-state index is 0.428. The van der Waals surface area contributed by atoms with Crippen molar-refractivity contribution in [2.75, 3.05) is 6.54 Å². The molecule has 2 heterocycles. The van der Waals surface area contributed by atoms with Gasteiger partial charge in [0.05, 0.1) is 0 Å². The van der Waals surface area contributed by atoms with E-state index in [2.05, 4.69) is 42.3 Å². The smallest absolute Gasteiger partial charge is 0.0416 e. The van der Waals surface area contributed by atoms with Gasteiger partial charge in [0, 0.05) is 40.7 Å². The molecule has 0 amide bonds. The molecule has 0 spiro atoms. The van der Waals surface area contributed by atoms with Crippen molar-refractivity contribution < 1.29 is 0 Å². The number of rotatable bonds is 5. The fourth-order valence-corrected chi connectivity index (χ4v) is 2.65. The highest BCUT2D eigenvalue weighted by Gasteiger charge is 2.06. The second-order valence-electron chi connectivity index (χ2n) is 4.20. The van der Waals surface area contributed by atoms with Crippen molar-refractivity contribution in [2.45, 2.75) is 26.3 Å². The Balaban J connectivity index is 1.79. The number of aromatic nitrogens is 1. The van der Waals surface area contributed by atoms with Crippen LogP contribution in [-0.4, -0.2) is 11.5 Å². The lowest BCUT2D eigenvalue weighted by Crippen LogP contribution is -2.20. The molecule has 0 saturated carbocycles. The van der Waals surface area contributed by atoms with Crippen molar-refractivity contribution in [3.8, 4) is 0 Å². The molecular weight excluding hydrogens is 228 g/mol. The second-order valence-corrected chi connectivity index (χ2v) is 5.51. The van der Waals surface area contributed by atoms with E-state index in [0.717, 1.165) is 18.7 Å². The van der Waals surface area contributed by atoms with Crippen LogP contribution in [0.25, 0.3) is 0 Å². The Hall–Kier alpha value is -1.19. The van der Waals surface area contributed by atoms with Crippen molar-refractivity contribution in [3.05, 3.63) is 52.0 Å². The summed E-state index contributed by atoms with van der Waals surface area (Å²) in [6.07, 6.45) is 2.83. The number of thiophene rings is 1. The van der Waals surface area contributed by atoms with Gasteiger partial charge < -0.3 is 5.32 Å². The van der Waals surface area contributed by atoms with Crippen molar-refractivity contribution in [2.24, 2.45) is 0 Å². The lowest BCUT2D eigenvalue weighted by molar-refractivity contribution is 0.581. The first-order valence-electron chi connectivity index (χ1n) is 5.95. The second kappa shape index (κ2) is 5.94. The van der Waals surface area contributed by atoms with Gasteiger partial charge in [-0.15, -0.1) is 11.3 Å². The zero-order valence-electron chi connectivity index (χ0n) is 10.3. The van der Waals surface area contributed by atoms with Crippen molar-refractivity contribution >= 4 is 11.3 Å². The predicted octanol–water partition coefficient (Wildman–Crippen LogP) is 3.34. The summed E-state index contributed by atoms with van der Waals surface area (Å²) < 4.78 is 0. The fourth-order valence-electron chi connectivity index (χ4n) is 1.75. The van der Waals surface area contributed by atoms with Crippen LogP contribution in [0.1, 0.15) is 28.4 Å². The molecule has 0 aliphatic carbocycles. The van der Waals surface area contributed by atoms with Gasteiger partial charge in [0.1, 0.15) is 0 Å². The van der Waals surface area contributed by atoms with Gasteiger partial charge in [-0.25, -0.2) is 0 Å². The lowest BCUT2D eigenvalue weighted by atomic mass is 10.2. The van der Waals surface area contributed by atoms with Crippen LogP contribution in [0.15, 0.2) is 36.5 Å². The normalized spacial score (nSPS) is 12.6. The molecule has 1 unspecified atom stereocenters. The summed E-state index contributed by atoms with van der Waals surface area (Å²) in [4.78, 5) is 7.09. The molecule has 1 atom stereocenters. The zero-order valence-corrected chi connectivity index (χ0v) is 11.1. The average Bonchev–Trinajstić information content (AvgIpc) is 2.77. The van der Waals surface area contributed by atoms with E-state index in [1.165, 1.54) is 9.75 Å². The lowest BCUT2D eigenvalue weighted by Gasteiger charge is -2.11. The van der Waals surface area contributed by atoms with E-state index in [0.29, 0.717) is 6.04 Å². The molecule has 3 heteroatoms. The van der Waals surface area contributed by atoms with Crippen molar-refractivity contribution in [1.29, 1.82) is 0 Å². The highest BCUT2D eigenvalue weighted by atomic mass is 32.1. The molecule has 0 bridgehead atoms.